The molecule has 0 saturated carbocycles. The van der Waals surface area contributed by atoms with Crippen LogP contribution in [0.15, 0.2) is 0 Å². The summed E-state index contributed by atoms with van der Waals surface area (Å²) < 4.78 is 5.34. The largest absolute Gasteiger partial charge is 0.389 e. The van der Waals surface area contributed by atoms with Crippen LogP contribution in [0.4, 0.5) is 0 Å². The van der Waals surface area contributed by atoms with Gasteiger partial charge in [-0.3, -0.25) is 4.79 Å². The average molecular weight is 215 g/mol. The zero-order chi connectivity index (χ0) is 11.5. The van der Waals surface area contributed by atoms with Gasteiger partial charge in [0.05, 0.1) is 5.60 Å². The third-order valence-electron chi connectivity index (χ3n) is 2.48. The number of carbonyl (C=O) groups excluding carboxylic acids is 1. The van der Waals surface area contributed by atoms with E-state index in [1.165, 1.54) is 0 Å². The summed E-state index contributed by atoms with van der Waals surface area (Å²) in [5, 5.41) is 9.68. The fraction of sp³-hybridized carbons (Fsp3) is 0.909. The van der Waals surface area contributed by atoms with Crippen molar-refractivity contribution in [3.8, 4) is 0 Å². The van der Waals surface area contributed by atoms with Crippen LogP contribution in [0, 0.1) is 0 Å². The van der Waals surface area contributed by atoms with Crippen molar-refractivity contribution in [2.45, 2.75) is 45.3 Å². The van der Waals surface area contributed by atoms with Gasteiger partial charge in [-0.1, -0.05) is 0 Å². The molecule has 1 atom stereocenters. The third-order valence-corrected chi connectivity index (χ3v) is 2.48. The van der Waals surface area contributed by atoms with Crippen molar-refractivity contribution in [3.63, 3.8) is 0 Å². The van der Waals surface area contributed by atoms with Gasteiger partial charge in [-0.15, -0.1) is 0 Å². The van der Waals surface area contributed by atoms with Crippen LogP contribution in [0.1, 0.15) is 33.6 Å². The van der Waals surface area contributed by atoms with E-state index in [-0.39, 0.29) is 12.0 Å². The number of likely N-dealkylation sites (N-methyl/N-ethyl adjacent to an activating group) is 1. The minimum absolute atomic E-state index is 0.0112. The molecule has 1 fully saturated rings. The molecule has 0 spiro atoms. The molecule has 1 saturated heterocycles. The second-order valence-corrected chi connectivity index (χ2v) is 4.67. The van der Waals surface area contributed by atoms with Gasteiger partial charge in [-0.05, 0) is 33.6 Å². The van der Waals surface area contributed by atoms with Gasteiger partial charge in [0, 0.05) is 19.7 Å². The fourth-order valence-corrected chi connectivity index (χ4v) is 1.79. The zero-order valence-corrected chi connectivity index (χ0v) is 9.82. The first-order valence-corrected chi connectivity index (χ1v) is 5.57. The molecule has 1 rings (SSSR count). The van der Waals surface area contributed by atoms with E-state index >= 15 is 0 Å². The van der Waals surface area contributed by atoms with Crippen LogP contribution in [0.5, 0.6) is 0 Å². The minimum Gasteiger partial charge on any atom is -0.389 e. The molecule has 15 heavy (non-hydrogen) atoms. The summed E-state index contributed by atoms with van der Waals surface area (Å²) in [6, 6.07) is 0. The number of rotatable bonds is 4. The van der Waals surface area contributed by atoms with Gasteiger partial charge >= 0.3 is 0 Å². The molecule has 1 aliphatic heterocycles. The Hall–Kier alpha value is -0.610. The molecule has 1 unspecified atom stereocenters. The minimum atomic E-state index is -0.843. The highest BCUT2D eigenvalue weighted by atomic mass is 16.5. The number of nitrogens with zero attached hydrogens (tertiary/aromatic N) is 1. The normalized spacial score (nSPS) is 21.7. The van der Waals surface area contributed by atoms with E-state index in [0.29, 0.717) is 19.7 Å². The fourth-order valence-electron chi connectivity index (χ4n) is 1.79. The number of ether oxygens (including phenoxy) is 1. The summed E-state index contributed by atoms with van der Waals surface area (Å²) in [5.41, 5.74) is -0.843. The van der Waals surface area contributed by atoms with Crippen molar-refractivity contribution in [2.75, 3.05) is 19.7 Å². The Morgan fingerprint density at radius 1 is 1.60 bits per heavy atom. The van der Waals surface area contributed by atoms with Crippen LogP contribution in [-0.2, 0) is 9.53 Å². The molecule has 0 aromatic rings. The lowest BCUT2D eigenvalue weighted by molar-refractivity contribution is -0.143. The number of aliphatic hydroxyl groups is 1. The molecule has 0 aromatic heterocycles. The highest BCUT2D eigenvalue weighted by molar-refractivity contribution is 5.81. The highest BCUT2D eigenvalue weighted by Gasteiger charge is 2.29. The lowest BCUT2D eigenvalue weighted by atomic mass is 10.1. The van der Waals surface area contributed by atoms with Crippen LogP contribution in [0.3, 0.4) is 0 Å². The van der Waals surface area contributed by atoms with Gasteiger partial charge < -0.3 is 14.7 Å². The molecular weight excluding hydrogens is 194 g/mol. The molecule has 0 radical (unpaired) electrons. The summed E-state index contributed by atoms with van der Waals surface area (Å²) >= 11 is 0. The van der Waals surface area contributed by atoms with Gasteiger partial charge in [0.15, 0.2) is 0 Å². The van der Waals surface area contributed by atoms with E-state index in [2.05, 4.69) is 0 Å². The Kier molecular flexibility index (Phi) is 4.11. The van der Waals surface area contributed by atoms with Crippen LogP contribution in [0.25, 0.3) is 0 Å². The van der Waals surface area contributed by atoms with Crippen LogP contribution >= 0.6 is 0 Å². The smallest absolute Gasteiger partial charge is 0.251 e. The Labute approximate surface area is 91.2 Å². The van der Waals surface area contributed by atoms with Gasteiger partial charge in [-0.2, -0.15) is 0 Å². The molecule has 1 heterocycles. The maximum Gasteiger partial charge on any atom is 0.251 e. The molecule has 88 valence electrons. The second kappa shape index (κ2) is 4.94. The summed E-state index contributed by atoms with van der Waals surface area (Å²) in [7, 11) is 0. The van der Waals surface area contributed by atoms with Crippen molar-refractivity contribution in [2.24, 2.45) is 0 Å². The van der Waals surface area contributed by atoms with Crippen molar-refractivity contribution in [1.29, 1.82) is 0 Å². The van der Waals surface area contributed by atoms with Crippen LogP contribution < -0.4 is 0 Å². The first-order valence-electron chi connectivity index (χ1n) is 5.57. The van der Waals surface area contributed by atoms with E-state index in [9.17, 15) is 9.90 Å². The summed E-state index contributed by atoms with van der Waals surface area (Å²) in [4.78, 5) is 13.6. The Morgan fingerprint density at radius 2 is 2.27 bits per heavy atom. The standard InChI is InChI=1S/C11H21NO3/c1-4-12(8-11(2,3)14)10(13)9-6-5-7-15-9/h9,14H,4-8H2,1-3H3. The number of hydrogen-bond donors (Lipinski definition) is 1. The van der Waals surface area contributed by atoms with Gasteiger partial charge in [-0.25, -0.2) is 0 Å². The van der Waals surface area contributed by atoms with Gasteiger partial charge in [0.1, 0.15) is 6.10 Å². The topological polar surface area (TPSA) is 49.8 Å². The first-order chi connectivity index (χ1) is 6.94. The molecule has 1 N–H and O–H groups in total. The van der Waals surface area contributed by atoms with Crippen molar-refractivity contribution in [3.05, 3.63) is 0 Å². The number of amides is 1. The maximum atomic E-state index is 11.9. The molecule has 4 nitrogen and oxygen atoms in total. The Balaban J connectivity index is 2.53. The molecule has 1 aliphatic rings. The molecule has 0 bridgehead atoms. The lowest BCUT2D eigenvalue weighted by Crippen LogP contribution is -2.46. The quantitative estimate of drug-likeness (QED) is 0.754. The molecule has 0 aromatic carbocycles. The Bertz CT molecular complexity index is 216. The van der Waals surface area contributed by atoms with E-state index in [4.69, 9.17) is 4.74 Å². The molecular formula is C11H21NO3. The number of hydrogen-bond acceptors (Lipinski definition) is 3. The predicted octanol–water partition coefficient (Wildman–Crippen LogP) is 0.785. The van der Waals surface area contributed by atoms with Crippen LogP contribution in [-0.4, -0.2) is 47.3 Å². The number of carbonyl (C=O) groups is 1. The van der Waals surface area contributed by atoms with E-state index < -0.39 is 5.60 Å². The summed E-state index contributed by atoms with van der Waals surface area (Å²) in [6.45, 7) is 6.98. The van der Waals surface area contributed by atoms with E-state index in [1.807, 2.05) is 6.92 Å². The monoisotopic (exact) mass is 215 g/mol. The van der Waals surface area contributed by atoms with E-state index in [0.717, 1.165) is 12.8 Å². The zero-order valence-electron chi connectivity index (χ0n) is 9.82. The Morgan fingerprint density at radius 3 is 2.67 bits per heavy atom. The van der Waals surface area contributed by atoms with Crippen LogP contribution in [0.2, 0.25) is 0 Å². The van der Waals surface area contributed by atoms with Crippen molar-refractivity contribution in [1.82, 2.24) is 4.90 Å². The van der Waals surface area contributed by atoms with Crippen molar-refractivity contribution < 1.29 is 14.6 Å². The average Bonchev–Trinajstić information content (AvgIpc) is 2.64. The third kappa shape index (κ3) is 3.80. The summed E-state index contributed by atoms with van der Waals surface area (Å²) in [5.74, 6) is 0.0112. The maximum absolute atomic E-state index is 11.9. The van der Waals surface area contributed by atoms with E-state index in [1.54, 1.807) is 18.7 Å². The van der Waals surface area contributed by atoms with Gasteiger partial charge in [0.2, 0.25) is 0 Å². The summed E-state index contributed by atoms with van der Waals surface area (Å²) in [6.07, 6.45) is 1.48. The lowest BCUT2D eigenvalue weighted by Gasteiger charge is -2.29. The first kappa shape index (κ1) is 12.5. The van der Waals surface area contributed by atoms with Crippen molar-refractivity contribution >= 4 is 5.91 Å². The molecule has 0 aliphatic carbocycles. The predicted molar refractivity (Wildman–Crippen MR) is 57.5 cm³/mol. The highest BCUT2D eigenvalue weighted by Crippen LogP contribution is 2.16. The molecule has 1 amide bonds. The SMILES string of the molecule is CCN(CC(C)(C)O)C(=O)C1CCCO1. The van der Waals surface area contributed by atoms with Gasteiger partial charge in [0.25, 0.3) is 5.91 Å². The second-order valence-electron chi connectivity index (χ2n) is 4.67. The molecule has 4 heteroatoms.